The van der Waals surface area contributed by atoms with E-state index in [1.807, 2.05) is 12.1 Å². The van der Waals surface area contributed by atoms with E-state index in [2.05, 4.69) is 30.1 Å². The summed E-state index contributed by atoms with van der Waals surface area (Å²) in [6.07, 6.45) is 3.37. The Hall–Kier alpha value is -2.34. The minimum Gasteiger partial charge on any atom is -0.494 e. The van der Waals surface area contributed by atoms with Gasteiger partial charge in [-0.15, -0.1) is 0 Å². The van der Waals surface area contributed by atoms with Crippen molar-refractivity contribution in [2.75, 3.05) is 7.11 Å². The van der Waals surface area contributed by atoms with Gasteiger partial charge in [0.1, 0.15) is 6.07 Å². The Kier molecular flexibility index (Phi) is 4.15. The summed E-state index contributed by atoms with van der Waals surface area (Å²) in [6, 6.07) is 12.3. The van der Waals surface area contributed by atoms with Crippen molar-refractivity contribution in [3.8, 4) is 11.8 Å². The van der Waals surface area contributed by atoms with Crippen LogP contribution in [-0.2, 0) is 12.8 Å². The van der Waals surface area contributed by atoms with E-state index in [1.54, 1.807) is 19.4 Å². The van der Waals surface area contributed by atoms with Crippen molar-refractivity contribution in [3.63, 3.8) is 0 Å². The van der Waals surface area contributed by atoms with Gasteiger partial charge in [-0.25, -0.2) is 0 Å². The molecule has 0 spiro atoms. The number of aryl methyl sites for hydroxylation is 3. The molecular weight excluding hydrogens is 236 g/mol. The van der Waals surface area contributed by atoms with Gasteiger partial charge in [0, 0.05) is 5.69 Å². The zero-order valence-corrected chi connectivity index (χ0v) is 11.2. The SMILES string of the molecule is COc1cnc(CCc2ccccc2C)cc1C#N. The van der Waals surface area contributed by atoms with Crippen LogP contribution in [0.15, 0.2) is 36.5 Å². The van der Waals surface area contributed by atoms with Crippen molar-refractivity contribution in [2.24, 2.45) is 0 Å². The standard InChI is InChI=1S/C16H16N2O/c1-12-5-3-4-6-13(12)7-8-15-9-14(10-17)16(19-2)11-18-15/h3-6,9,11H,7-8H2,1-2H3. The molecule has 0 saturated heterocycles. The molecule has 0 aliphatic rings. The fraction of sp³-hybridized carbons (Fsp3) is 0.250. The number of benzene rings is 1. The third-order valence-electron chi connectivity index (χ3n) is 3.18. The number of methoxy groups -OCH3 is 1. The molecule has 1 aromatic heterocycles. The molecule has 96 valence electrons. The summed E-state index contributed by atoms with van der Waals surface area (Å²) in [6.45, 7) is 2.11. The van der Waals surface area contributed by atoms with Crippen molar-refractivity contribution >= 4 is 0 Å². The Balaban J connectivity index is 2.13. The number of rotatable bonds is 4. The Bertz CT molecular complexity index is 614. The Morgan fingerprint density at radius 2 is 2.05 bits per heavy atom. The minimum atomic E-state index is 0.530. The van der Waals surface area contributed by atoms with Crippen LogP contribution in [0.5, 0.6) is 5.75 Å². The smallest absolute Gasteiger partial charge is 0.154 e. The number of nitrogens with zero attached hydrogens (tertiary/aromatic N) is 2. The molecule has 2 aromatic rings. The second kappa shape index (κ2) is 6.01. The van der Waals surface area contributed by atoms with Gasteiger partial charge in [-0.1, -0.05) is 24.3 Å². The van der Waals surface area contributed by atoms with E-state index in [0.717, 1.165) is 18.5 Å². The number of nitriles is 1. The third-order valence-corrected chi connectivity index (χ3v) is 3.18. The van der Waals surface area contributed by atoms with E-state index in [1.165, 1.54) is 11.1 Å². The van der Waals surface area contributed by atoms with E-state index in [4.69, 9.17) is 10.00 Å². The monoisotopic (exact) mass is 252 g/mol. The lowest BCUT2D eigenvalue weighted by Crippen LogP contribution is -1.98. The van der Waals surface area contributed by atoms with Gasteiger partial charge in [0.15, 0.2) is 5.75 Å². The van der Waals surface area contributed by atoms with Gasteiger partial charge >= 0.3 is 0 Å². The normalized spacial score (nSPS) is 9.95. The quantitative estimate of drug-likeness (QED) is 0.840. The van der Waals surface area contributed by atoms with Crippen LogP contribution in [-0.4, -0.2) is 12.1 Å². The Labute approximate surface area is 113 Å². The molecule has 0 radical (unpaired) electrons. The molecule has 0 amide bonds. The second-order valence-corrected chi connectivity index (χ2v) is 4.41. The van der Waals surface area contributed by atoms with E-state index in [0.29, 0.717) is 11.3 Å². The predicted octanol–water partition coefficient (Wildman–Crippen LogP) is 3.06. The molecule has 0 aliphatic carbocycles. The summed E-state index contributed by atoms with van der Waals surface area (Å²) >= 11 is 0. The highest BCUT2D eigenvalue weighted by molar-refractivity contribution is 5.42. The van der Waals surface area contributed by atoms with Crippen LogP contribution in [0.25, 0.3) is 0 Å². The highest BCUT2D eigenvalue weighted by atomic mass is 16.5. The highest BCUT2D eigenvalue weighted by Gasteiger charge is 2.06. The van der Waals surface area contributed by atoms with Gasteiger partial charge in [-0.2, -0.15) is 5.26 Å². The van der Waals surface area contributed by atoms with Crippen LogP contribution in [0.3, 0.4) is 0 Å². The first-order chi connectivity index (χ1) is 9.24. The molecule has 0 fully saturated rings. The van der Waals surface area contributed by atoms with Crippen LogP contribution in [0.4, 0.5) is 0 Å². The van der Waals surface area contributed by atoms with Crippen LogP contribution in [0, 0.1) is 18.3 Å². The number of hydrogen-bond donors (Lipinski definition) is 0. The van der Waals surface area contributed by atoms with Gasteiger partial charge in [-0.05, 0) is 37.0 Å². The Morgan fingerprint density at radius 3 is 2.74 bits per heavy atom. The number of pyridine rings is 1. The summed E-state index contributed by atoms with van der Waals surface area (Å²) in [7, 11) is 1.55. The molecule has 1 aromatic carbocycles. The maximum Gasteiger partial charge on any atom is 0.154 e. The fourth-order valence-electron chi connectivity index (χ4n) is 2.03. The molecule has 3 nitrogen and oxygen atoms in total. The molecule has 0 N–H and O–H groups in total. The summed E-state index contributed by atoms with van der Waals surface area (Å²) in [5, 5.41) is 9.05. The van der Waals surface area contributed by atoms with Crippen molar-refractivity contribution < 1.29 is 4.74 Å². The zero-order valence-electron chi connectivity index (χ0n) is 11.2. The van der Waals surface area contributed by atoms with Crippen molar-refractivity contribution in [1.82, 2.24) is 4.98 Å². The first kappa shape index (κ1) is 13.1. The molecule has 0 unspecified atom stereocenters. The summed E-state index contributed by atoms with van der Waals surface area (Å²) in [5.41, 5.74) is 4.06. The molecule has 0 atom stereocenters. The van der Waals surface area contributed by atoms with Crippen LogP contribution < -0.4 is 4.74 Å². The van der Waals surface area contributed by atoms with Crippen molar-refractivity contribution in [2.45, 2.75) is 19.8 Å². The molecule has 2 rings (SSSR count). The second-order valence-electron chi connectivity index (χ2n) is 4.41. The van der Waals surface area contributed by atoms with E-state index < -0.39 is 0 Å². The molecule has 0 saturated carbocycles. The first-order valence-electron chi connectivity index (χ1n) is 6.22. The van der Waals surface area contributed by atoms with E-state index >= 15 is 0 Å². The highest BCUT2D eigenvalue weighted by Crippen LogP contribution is 2.18. The molecule has 19 heavy (non-hydrogen) atoms. The van der Waals surface area contributed by atoms with Crippen LogP contribution >= 0.6 is 0 Å². The summed E-state index contributed by atoms with van der Waals surface area (Å²) in [4.78, 5) is 4.33. The minimum absolute atomic E-state index is 0.530. The lowest BCUT2D eigenvalue weighted by molar-refractivity contribution is 0.411. The fourth-order valence-corrected chi connectivity index (χ4v) is 2.03. The maximum absolute atomic E-state index is 9.05. The van der Waals surface area contributed by atoms with Gasteiger partial charge < -0.3 is 4.74 Å². The Morgan fingerprint density at radius 1 is 1.26 bits per heavy atom. The number of ether oxygens (including phenoxy) is 1. The summed E-state index contributed by atoms with van der Waals surface area (Å²) in [5.74, 6) is 0.530. The van der Waals surface area contributed by atoms with Crippen LogP contribution in [0.2, 0.25) is 0 Å². The van der Waals surface area contributed by atoms with E-state index in [-0.39, 0.29) is 0 Å². The largest absolute Gasteiger partial charge is 0.494 e. The van der Waals surface area contributed by atoms with Crippen LogP contribution in [0.1, 0.15) is 22.4 Å². The molecule has 0 aliphatic heterocycles. The first-order valence-corrected chi connectivity index (χ1v) is 6.22. The van der Waals surface area contributed by atoms with Gasteiger partial charge in [-0.3, -0.25) is 4.98 Å². The topological polar surface area (TPSA) is 45.9 Å². The predicted molar refractivity (Wildman–Crippen MR) is 74.1 cm³/mol. The molecule has 3 heteroatoms. The lowest BCUT2D eigenvalue weighted by Gasteiger charge is -2.07. The van der Waals surface area contributed by atoms with Gasteiger partial charge in [0.25, 0.3) is 0 Å². The van der Waals surface area contributed by atoms with E-state index in [9.17, 15) is 0 Å². The molecule has 0 bridgehead atoms. The van der Waals surface area contributed by atoms with Gasteiger partial charge in [0.2, 0.25) is 0 Å². The van der Waals surface area contributed by atoms with Gasteiger partial charge in [0.05, 0.1) is 18.9 Å². The molecule has 1 heterocycles. The maximum atomic E-state index is 9.05. The molecular formula is C16H16N2O. The third kappa shape index (κ3) is 3.11. The number of hydrogen-bond acceptors (Lipinski definition) is 3. The zero-order chi connectivity index (χ0) is 13.7. The summed E-state index contributed by atoms with van der Waals surface area (Å²) < 4.78 is 5.09. The number of aromatic nitrogens is 1. The lowest BCUT2D eigenvalue weighted by atomic mass is 10.0. The van der Waals surface area contributed by atoms with Crippen molar-refractivity contribution in [3.05, 3.63) is 58.9 Å². The van der Waals surface area contributed by atoms with Crippen molar-refractivity contribution in [1.29, 1.82) is 5.26 Å². The average molecular weight is 252 g/mol. The average Bonchev–Trinajstić information content (AvgIpc) is 2.46.